The fraction of sp³-hybridized carbons (Fsp3) is 0.333. The van der Waals surface area contributed by atoms with Crippen LogP contribution in [-0.2, 0) is 11.3 Å². The zero-order valence-electron chi connectivity index (χ0n) is 18.0. The van der Waals surface area contributed by atoms with E-state index in [1.807, 2.05) is 70.3 Å². The van der Waals surface area contributed by atoms with Crippen LogP contribution in [0.2, 0.25) is 0 Å². The number of azo groups is 1. The molecule has 8 heteroatoms. The van der Waals surface area contributed by atoms with E-state index < -0.39 is 0 Å². The number of rotatable bonds is 12. The third-order valence-electron chi connectivity index (χ3n) is 5.09. The van der Waals surface area contributed by atoms with E-state index in [1.54, 1.807) is 0 Å². The lowest BCUT2D eigenvalue weighted by Gasteiger charge is -2.22. The molecule has 0 unspecified atom stereocenters. The monoisotopic (exact) mass is 453 g/mol. The van der Waals surface area contributed by atoms with Gasteiger partial charge in [0, 0.05) is 37.3 Å². The number of benzene rings is 2. The number of ketones is 1. The maximum atomic E-state index is 12.2. The maximum absolute atomic E-state index is 12.2. The van der Waals surface area contributed by atoms with Gasteiger partial charge in [-0.2, -0.15) is 22.3 Å². The van der Waals surface area contributed by atoms with Gasteiger partial charge in [-0.3, -0.25) is 4.79 Å². The summed E-state index contributed by atoms with van der Waals surface area (Å²) >= 11 is 4.18. The number of pyridine rings is 1. The van der Waals surface area contributed by atoms with Gasteiger partial charge >= 0.3 is 0 Å². The van der Waals surface area contributed by atoms with Gasteiger partial charge in [-0.1, -0.05) is 12.1 Å². The molecule has 168 valence electrons. The molecule has 0 aliphatic rings. The van der Waals surface area contributed by atoms with Crippen LogP contribution in [0.5, 0.6) is 0 Å². The number of aromatic nitrogens is 1. The molecule has 2 N–H and O–H groups in total. The molecule has 0 saturated heterocycles. The number of aliphatic hydroxyl groups excluding tert-OH is 2. The van der Waals surface area contributed by atoms with Crippen LogP contribution >= 0.6 is 12.6 Å². The number of para-hydroxylation sites is 1. The lowest BCUT2D eigenvalue weighted by molar-refractivity contribution is -0.658. The number of Topliss-reactive ketones (excluding diaryl/α,β-unsaturated/α-hetero) is 1. The van der Waals surface area contributed by atoms with Crippen LogP contribution in [0.25, 0.3) is 10.9 Å². The van der Waals surface area contributed by atoms with E-state index in [9.17, 15) is 15.0 Å². The van der Waals surface area contributed by atoms with E-state index in [4.69, 9.17) is 0 Å². The third kappa shape index (κ3) is 6.35. The van der Waals surface area contributed by atoms with Gasteiger partial charge in [0.2, 0.25) is 12.1 Å². The molecular formula is C24H29N4O3S+. The molecule has 3 aromatic rings. The van der Waals surface area contributed by atoms with Gasteiger partial charge in [0.05, 0.1) is 24.3 Å². The number of thiol groups is 1. The number of nitrogens with zero attached hydrogens (tertiary/aromatic N) is 4. The average molecular weight is 454 g/mol. The van der Waals surface area contributed by atoms with Crippen molar-refractivity contribution in [2.24, 2.45) is 10.2 Å². The highest BCUT2D eigenvalue weighted by atomic mass is 32.1. The van der Waals surface area contributed by atoms with Crippen molar-refractivity contribution >= 4 is 46.4 Å². The lowest BCUT2D eigenvalue weighted by atomic mass is 10.1. The molecule has 1 aromatic heterocycles. The highest BCUT2D eigenvalue weighted by Gasteiger charge is 2.15. The van der Waals surface area contributed by atoms with Gasteiger partial charge in [0.15, 0.2) is 12.0 Å². The Bertz CT molecular complexity index is 1050. The van der Waals surface area contributed by atoms with E-state index in [2.05, 4.69) is 22.9 Å². The fourth-order valence-electron chi connectivity index (χ4n) is 3.49. The number of hydrogen-bond acceptors (Lipinski definition) is 7. The Morgan fingerprint density at radius 1 is 0.969 bits per heavy atom. The molecule has 1 heterocycles. The Hall–Kier alpha value is -2.81. The molecule has 0 aliphatic carbocycles. The van der Waals surface area contributed by atoms with Crippen LogP contribution in [0, 0.1) is 0 Å². The summed E-state index contributed by atoms with van der Waals surface area (Å²) in [5, 5.41) is 28.1. The summed E-state index contributed by atoms with van der Waals surface area (Å²) in [6.45, 7) is 1.27. The van der Waals surface area contributed by atoms with Crippen LogP contribution in [-0.4, -0.2) is 48.1 Å². The van der Waals surface area contributed by atoms with Gasteiger partial charge in [0.1, 0.15) is 5.69 Å². The van der Waals surface area contributed by atoms with Crippen LogP contribution < -0.4 is 9.47 Å². The van der Waals surface area contributed by atoms with Crippen LogP contribution in [0.3, 0.4) is 0 Å². The number of aliphatic hydroxyl groups is 2. The Morgan fingerprint density at radius 3 is 2.38 bits per heavy atom. The Labute approximate surface area is 193 Å². The fourth-order valence-corrected chi connectivity index (χ4v) is 3.65. The predicted molar refractivity (Wildman–Crippen MR) is 129 cm³/mol. The zero-order valence-corrected chi connectivity index (χ0v) is 18.9. The summed E-state index contributed by atoms with van der Waals surface area (Å²) in [6, 6.07) is 17.2. The Kier molecular flexibility index (Phi) is 9.15. The molecule has 3 rings (SSSR count). The van der Waals surface area contributed by atoms with Crippen molar-refractivity contribution < 1.29 is 19.6 Å². The topological polar surface area (TPSA) is 89.4 Å². The van der Waals surface area contributed by atoms with Gasteiger partial charge < -0.3 is 15.1 Å². The van der Waals surface area contributed by atoms with E-state index in [-0.39, 0.29) is 19.0 Å². The van der Waals surface area contributed by atoms with Gasteiger partial charge in [-0.05, 0) is 42.5 Å². The largest absolute Gasteiger partial charge is 0.395 e. The number of anilines is 1. The first-order valence-corrected chi connectivity index (χ1v) is 11.3. The van der Waals surface area contributed by atoms with Crippen molar-refractivity contribution in [2.45, 2.75) is 19.4 Å². The molecule has 0 amide bonds. The molecule has 0 bridgehead atoms. The molecule has 0 fully saturated rings. The van der Waals surface area contributed by atoms with Crippen molar-refractivity contribution in [1.29, 1.82) is 0 Å². The third-order valence-corrected chi connectivity index (χ3v) is 5.41. The highest BCUT2D eigenvalue weighted by molar-refractivity contribution is 7.80. The summed E-state index contributed by atoms with van der Waals surface area (Å²) < 4.78 is 1.95. The normalized spacial score (nSPS) is 11.3. The summed E-state index contributed by atoms with van der Waals surface area (Å²) in [6.07, 6.45) is 3.18. The number of carbonyl (C=O) groups excluding carboxylic acids is 1. The zero-order chi connectivity index (χ0) is 22.8. The summed E-state index contributed by atoms with van der Waals surface area (Å²) in [7, 11) is 0. The molecule has 2 aromatic carbocycles. The molecular weight excluding hydrogens is 424 g/mol. The minimum Gasteiger partial charge on any atom is -0.395 e. The van der Waals surface area contributed by atoms with E-state index in [0.29, 0.717) is 37.5 Å². The van der Waals surface area contributed by atoms with Gasteiger partial charge in [-0.25, -0.2) is 0 Å². The molecule has 7 nitrogen and oxygen atoms in total. The predicted octanol–water partition coefficient (Wildman–Crippen LogP) is 3.61. The van der Waals surface area contributed by atoms with Crippen LogP contribution in [0.4, 0.5) is 17.1 Å². The van der Waals surface area contributed by atoms with Crippen molar-refractivity contribution in [1.82, 2.24) is 0 Å². The number of fused-ring (bicyclic) bond motifs is 1. The second-order valence-electron chi connectivity index (χ2n) is 7.36. The van der Waals surface area contributed by atoms with Crippen molar-refractivity contribution in [2.75, 3.05) is 37.0 Å². The molecule has 32 heavy (non-hydrogen) atoms. The number of carbonyl (C=O) groups is 1. The second kappa shape index (κ2) is 12.3. The van der Waals surface area contributed by atoms with E-state index in [0.717, 1.165) is 28.7 Å². The summed E-state index contributed by atoms with van der Waals surface area (Å²) in [5.41, 5.74) is 3.26. The quantitative estimate of drug-likeness (QED) is 0.222. The van der Waals surface area contributed by atoms with Gasteiger partial charge in [-0.15, -0.1) is 5.11 Å². The first-order chi connectivity index (χ1) is 15.7. The Morgan fingerprint density at radius 2 is 1.69 bits per heavy atom. The van der Waals surface area contributed by atoms with Crippen molar-refractivity contribution in [3.63, 3.8) is 0 Å². The summed E-state index contributed by atoms with van der Waals surface area (Å²) in [5.74, 6) is 0.887. The van der Waals surface area contributed by atoms with E-state index >= 15 is 0 Å². The van der Waals surface area contributed by atoms with Gasteiger partial charge in [0.25, 0.3) is 0 Å². The molecule has 0 radical (unpaired) electrons. The maximum Gasteiger partial charge on any atom is 0.215 e. The highest BCUT2D eigenvalue weighted by Crippen LogP contribution is 2.26. The minimum atomic E-state index is 0.0172. The summed E-state index contributed by atoms with van der Waals surface area (Å²) in [4.78, 5) is 14.1. The molecule has 0 aliphatic heterocycles. The standard InChI is InChI=1S/C24H28N4O3S/c29-15-13-27(14-16-30)20-9-7-19(8-10-20)25-26-23-11-12-28(18-21(31)4-3-17-32)24-6-2-1-5-22(23)24/h1-2,5-12,29-30H,3-4,13-18H2/p+1. The Balaban J connectivity index is 1.80. The molecule has 0 saturated carbocycles. The van der Waals surface area contributed by atoms with Crippen molar-refractivity contribution in [3.05, 3.63) is 60.8 Å². The lowest BCUT2D eigenvalue weighted by Crippen LogP contribution is -2.38. The van der Waals surface area contributed by atoms with E-state index in [1.165, 1.54) is 0 Å². The minimum absolute atomic E-state index is 0.0172. The molecule has 0 atom stereocenters. The average Bonchev–Trinajstić information content (AvgIpc) is 2.82. The second-order valence-corrected chi connectivity index (χ2v) is 7.81. The van der Waals surface area contributed by atoms with Crippen LogP contribution in [0.1, 0.15) is 12.8 Å². The first-order valence-electron chi connectivity index (χ1n) is 10.7. The number of hydrogen-bond donors (Lipinski definition) is 3. The SMILES string of the molecule is O=C(CCCS)C[n+]1ccc(N=Nc2ccc(N(CCO)CCO)cc2)c2ccccc21. The smallest absolute Gasteiger partial charge is 0.215 e. The molecule has 0 spiro atoms. The first kappa shape index (κ1) is 23.8. The van der Waals surface area contributed by atoms with Crippen LogP contribution in [0.15, 0.2) is 71.0 Å². The van der Waals surface area contributed by atoms with Crippen molar-refractivity contribution in [3.8, 4) is 0 Å².